The molecule has 0 saturated heterocycles. The molecular formula is C15H18N4O3. The van der Waals surface area contributed by atoms with Crippen LogP contribution in [0.15, 0.2) is 30.3 Å². The molecule has 4 N–H and O–H groups in total. The second-order valence-electron chi connectivity index (χ2n) is 5.00. The number of benzene rings is 1. The average molecular weight is 302 g/mol. The van der Waals surface area contributed by atoms with Crippen LogP contribution in [0.4, 0.5) is 0 Å². The SMILES string of the molecule is Cc1cc(C(N)=O)nn1CCCc1ccc(C(=O)NO)cc1. The molecule has 0 fully saturated rings. The highest BCUT2D eigenvalue weighted by molar-refractivity contribution is 5.93. The van der Waals surface area contributed by atoms with Crippen LogP contribution in [0.2, 0.25) is 0 Å². The molecule has 0 spiro atoms. The maximum Gasteiger partial charge on any atom is 0.274 e. The number of aryl methyl sites for hydroxylation is 3. The lowest BCUT2D eigenvalue weighted by atomic mass is 10.1. The van der Waals surface area contributed by atoms with Crippen LogP contribution < -0.4 is 11.2 Å². The molecule has 7 heteroatoms. The lowest BCUT2D eigenvalue weighted by Gasteiger charge is -2.05. The number of hydroxylamine groups is 1. The van der Waals surface area contributed by atoms with Gasteiger partial charge in [0.1, 0.15) is 5.69 Å². The number of hydrogen-bond donors (Lipinski definition) is 3. The van der Waals surface area contributed by atoms with Crippen molar-refractivity contribution in [1.82, 2.24) is 15.3 Å². The molecule has 7 nitrogen and oxygen atoms in total. The summed E-state index contributed by atoms with van der Waals surface area (Å²) in [6.07, 6.45) is 1.65. The van der Waals surface area contributed by atoms with E-state index < -0.39 is 11.8 Å². The summed E-state index contributed by atoms with van der Waals surface area (Å²) in [6.45, 7) is 2.56. The maximum absolute atomic E-state index is 11.2. The molecule has 22 heavy (non-hydrogen) atoms. The number of amides is 2. The Kier molecular flexibility index (Phi) is 4.90. The van der Waals surface area contributed by atoms with Crippen LogP contribution in [0.25, 0.3) is 0 Å². The lowest BCUT2D eigenvalue weighted by molar-refractivity contribution is 0.0706. The van der Waals surface area contributed by atoms with Crippen molar-refractivity contribution in [2.45, 2.75) is 26.3 Å². The number of nitrogens with one attached hydrogen (secondary N) is 1. The predicted octanol–water partition coefficient (Wildman–Crippen LogP) is 1.04. The quantitative estimate of drug-likeness (QED) is 0.547. The summed E-state index contributed by atoms with van der Waals surface area (Å²) in [5, 5.41) is 12.7. The highest BCUT2D eigenvalue weighted by atomic mass is 16.5. The van der Waals surface area contributed by atoms with Crippen LogP contribution in [0.5, 0.6) is 0 Å². The van der Waals surface area contributed by atoms with Gasteiger partial charge in [-0.1, -0.05) is 12.1 Å². The van der Waals surface area contributed by atoms with Crippen LogP contribution in [0.1, 0.15) is 38.5 Å². The van der Waals surface area contributed by atoms with Crippen LogP contribution in [-0.2, 0) is 13.0 Å². The lowest BCUT2D eigenvalue weighted by Crippen LogP contribution is -2.18. The third-order valence-corrected chi connectivity index (χ3v) is 3.39. The van der Waals surface area contributed by atoms with Gasteiger partial charge in [0.15, 0.2) is 0 Å². The normalized spacial score (nSPS) is 10.5. The first-order valence-electron chi connectivity index (χ1n) is 6.89. The molecule has 1 aromatic carbocycles. The van der Waals surface area contributed by atoms with Crippen molar-refractivity contribution in [3.63, 3.8) is 0 Å². The minimum absolute atomic E-state index is 0.275. The second-order valence-corrected chi connectivity index (χ2v) is 5.00. The Balaban J connectivity index is 1.91. The van der Waals surface area contributed by atoms with Crippen LogP contribution >= 0.6 is 0 Å². The van der Waals surface area contributed by atoms with Gasteiger partial charge in [-0.3, -0.25) is 19.5 Å². The van der Waals surface area contributed by atoms with Crippen molar-refractivity contribution >= 4 is 11.8 Å². The number of carbonyl (C=O) groups is 2. The molecule has 0 unspecified atom stereocenters. The van der Waals surface area contributed by atoms with E-state index in [-0.39, 0.29) is 5.69 Å². The molecule has 0 aliphatic carbocycles. The van der Waals surface area contributed by atoms with Gasteiger partial charge in [0.05, 0.1) is 0 Å². The second kappa shape index (κ2) is 6.86. The molecule has 2 aromatic rings. The minimum Gasteiger partial charge on any atom is -0.364 e. The smallest absolute Gasteiger partial charge is 0.274 e. The first kappa shape index (κ1) is 15.7. The topological polar surface area (TPSA) is 110 Å². The molecule has 116 valence electrons. The van der Waals surface area contributed by atoms with Gasteiger partial charge in [-0.2, -0.15) is 5.10 Å². The van der Waals surface area contributed by atoms with Crippen molar-refractivity contribution in [2.75, 3.05) is 0 Å². The molecule has 2 rings (SSSR count). The highest BCUT2D eigenvalue weighted by Gasteiger charge is 2.08. The zero-order valence-corrected chi connectivity index (χ0v) is 12.2. The first-order chi connectivity index (χ1) is 10.5. The summed E-state index contributed by atoms with van der Waals surface area (Å²) in [6, 6.07) is 8.67. The largest absolute Gasteiger partial charge is 0.364 e. The zero-order chi connectivity index (χ0) is 16.1. The van der Waals surface area contributed by atoms with Crippen molar-refractivity contribution in [1.29, 1.82) is 0 Å². The van der Waals surface area contributed by atoms with Crippen molar-refractivity contribution in [3.05, 3.63) is 52.8 Å². The van der Waals surface area contributed by atoms with Gasteiger partial charge in [0.2, 0.25) is 0 Å². The number of hydrogen-bond acceptors (Lipinski definition) is 4. The van der Waals surface area contributed by atoms with E-state index in [0.717, 1.165) is 24.1 Å². The van der Waals surface area contributed by atoms with E-state index in [4.69, 9.17) is 10.9 Å². The third kappa shape index (κ3) is 3.70. The van der Waals surface area contributed by atoms with E-state index in [0.29, 0.717) is 12.1 Å². The summed E-state index contributed by atoms with van der Waals surface area (Å²) >= 11 is 0. The van der Waals surface area contributed by atoms with E-state index in [1.165, 1.54) is 0 Å². The molecule has 0 saturated carbocycles. The molecular weight excluding hydrogens is 284 g/mol. The number of rotatable bonds is 6. The van der Waals surface area contributed by atoms with Crippen molar-refractivity contribution in [3.8, 4) is 0 Å². The van der Waals surface area contributed by atoms with Gasteiger partial charge in [0.25, 0.3) is 11.8 Å². The Morgan fingerprint density at radius 1 is 1.32 bits per heavy atom. The summed E-state index contributed by atoms with van der Waals surface area (Å²) in [5.41, 5.74) is 9.44. The van der Waals surface area contributed by atoms with E-state index in [1.54, 1.807) is 28.4 Å². The molecule has 0 bridgehead atoms. The minimum atomic E-state index is -0.530. The fraction of sp³-hybridized carbons (Fsp3) is 0.267. The van der Waals surface area contributed by atoms with Crippen LogP contribution in [0.3, 0.4) is 0 Å². The number of carbonyl (C=O) groups excluding carboxylic acids is 2. The number of nitrogens with zero attached hydrogens (tertiary/aromatic N) is 2. The molecule has 0 aliphatic heterocycles. The standard InChI is InChI=1S/C15H18N4O3/c1-10-9-13(14(16)20)17-19(10)8-2-3-11-4-6-12(7-5-11)15(21)18-22/h4-7,9,22H,2-3,8H2,1H3,(H2,16,20)(H,18,21). The van der Waals surface area contributed by atoms with E-state index in [1.807, 2.05) is 19.1 Å². The Labute approximate surface area is 127 Å². The number of nitrogens with two attached hydrogens (primary N) is 1. The van der Waals surface area contributed by atoms with Gasteiger partial charge in [-0.05, 0) is 43.5 Å². The van der Waals surface area contributed by atoms with Gasteiger partial charge >= 0.3 is 0 Å². The van der Waals surface area contributed by atoms with Crippen LogP contribution in [-0.4, -0.2) is 26.8 Å². The van der Waals surface area contributed by atoms with E-state index in [2.05, 4.69) is 5.10 Å². The fourth-order valence-corrected chi connectivity index (χ4v) is 2.18. The van der Waals surface area contributed by atoms with Crippen molar-refractivity contribution < 1.29 is 14.8 Å². The Bertz CT molecular complexity index is 677. The van der Waals surface area contributed by atoms with Gasteiger partial charge in [-0.25, -0.2) is 5.48 Å². The van der Waals surface area contributed by atoms with Crippen molar-refractivity contribution in [2.24, 2.45) is 5.73 Å². The fourth-order valence-electron chi connectivity index (χ4n) is 2.18. The summed E-state index contributed by atoms with van der Waals surface area (Å²) in [4.78, 5) is 22.3. The number of aromatic nitrogens is 2. The first-order valence-corrected chi connectivity index (χ1v) is 6.89. The van der Waals surface area contributed by atoms with Gasteiger partial charge in [-0.15, -0.1) is 0 Å². The van der Waals surface area contributed by atoms with Crippen LogP contribution in [0, 0.1) is 6.92 Å². The average Bonchev–Trinajstić information content (AvgIpc) is 2.89. The maximum atomic E-state index is 11.2. The zero-order valence-electron chi connectivity index (χ0n) is 12.2. The molecule has 0 radical (unpaired) electrons. The summed E-state index contributed by atoms with van der Waals surface area (Å²) in [7, 11) is 0. The summed E-state index contributed by atoms with van der Waals surface area (Å²) < 4.78 is 1.76. The monoisotopic (exact) mass is 302 g/mol. The third-order valence-electron chi connectivity index (χ3n) is 3.39. The number of primary amides is 1. The molecule has 2 amide bonds. The molecule has 1 heterocycles. The predicted molar refractivity (Wildman–Crippen MR) is 79.5 cm³/mol. The summed E-state index contributed by atoms with van der Waals surface area (Å²) in [5.74, 6) is -1.06. The van der Waals surface area contributed by atoms with Gasteiger partial charge in [0, 0.05) is 17.8 Å². The van der Waals surface area contributed by atoms with Gasteiger partial charge < -0.3 is 5.73 Å². The molecule has 0 atom stereocenters. The Hall–Kier alpha value is -2.67. The molecule has 0 aliphatic rings. The Morgan fingerprint density at radius 3 is 2.55 bits per heavy atom. The Morgan fingerprint density at radius 2 is 2.00 bits per heavy atom. The molecule has 1 aromatic heterocycles. The highest BCUT2D eigenvalue weighted by Crippen LogP contribution is 2.09. The van der Waals surface area contributed by atoms with E-state index >= 15 is 0 Å². The van der Waals surface area contributed by atoms with E-state index in [9.17, 15) is 9.59 Å².